The average Bonchev–Trinajstić information content (AvgIpc) is 2.97. The first-order valence-electron chi connectivity index (χ1n) is 7.65. The number of piperazine rings is 1. The van der Waals surface area contributed by atoms with Crippen LogP contribution in [0.4, 0.5) is 0 Å². The van der Waals surface area contributed by atoms with Crippen LogP contribution in [0.25, 0.3) is 0 Å². The Bertz CT molecular complexity index is 461. The minimum atomic E-state index is 0. The summed E-state index contributed by atoms with van der Waals surface area (Å²) in [6, 6.07) is 6.84. The highest BCUT2D eigenvalue weighted by molar-refractivity contribution is 9.10. The first-order chi connectivity index (χ1) is 9.75. The van der Waals surface area contributed by atoms with Crippen molar-refractivity contribution >= 4 is 52.3 Å². The molecule has 22 heavy (non-hydrogen) atoms. The Balaban J connectivity index is 0.00000121. The first-order valence-corrected chi connectivity index (χ1v) is 8.82. The molecule has 0 amide bonds. The zero-order valence-corrected chi connectivity index (χ0v) is 16.5. The van der Waals surface area contributed by atoms with Crippen LogP contribution < -0.4 is 5.32 Å². The predicted octanol–water partition coefficient (Wildman–Crippen LogP) is 5.08. The SMILES string of the molecule is Cl.Cl.Clc1ccc([C@H](C2CCCC2)N2CCNCC2)c(Br)c1. The van der Waals surface area contributed by atoms with Crippen molar-refractivity contribution in [2.75, 3.05) is 26.2 Å². The predicted molar refractivity (Wildman–Crippen MR) is 103 cm³/mol. The smallest absolute Gasteiger partial charge is 0.0417 e. The van der Waals surface area contributed by atoms with Gasteiger partial charge in [0, 0.05) is 41.7 Å². The molecule has 1 saturated heterocycles. The molecule has 1 atom stereocenters. The van der Waals surface area contributed by atoms with E-state index in [2.05, 4.69) is 32.2 Å². The maximum Gasteiger partial charge on any atom is 0.0417 e. The van der Waals surface area contributed by atoms with Crippen LogP contribution in [0, 0.1) is 5.92 Å². The van der Waals surface area contributed by atoms with Gasteiger partial charge >= 0.3 is 0 Å². The number of halogens is 4. The number of nitrogens with zero attached hydrogens (tertiary/aromatic N) is 1. The normalized spacial score (nSPS) is 21.0. The fourth-order valence-electron chi connectivity index (χ4n) is 3.72. The van der Waals surface area contributed by atoms with Gasteiger partial charge in [-0.25, -0.2) is 0 Å². The molecule has 1 aliphatic carbocycles. The van der Waals surface area contributed by atoms with Crippen LogP contribution in [0.15, 0.2) is 22.7 Å². The summed E-state index contributed by atoms with van der Waals surface area (Å²) in [4.78, 5) is 2.67. The molecule has 126 valence electrons. The summed E-state index contributed by atoms with van der Waals surface area (Å²) in [5.41, 5.74) is 1.42. The van der Waals surface area contributed by atoms with Crippen molar-refractivity contribution in [2.24, 2.45) is 5.92 Å². The fraction of sp³-hybridized carbons (Fsp3) is 0.625. The highest BCUT2D eigenvalue weighted by Gasteiger charge is 2.32. The molecule has 1 N–H and O–H groups in total. The van der Waals surface area contributed by atoms with Crippen molar-refractivity contribution in [1.29, 1.82) is 0 Å². The van der Waals surface area contributed by atoms with Crippen LogP contribution in [0.1, 0.15) is 37.3 Å². The van der Waals surface area contributed by atoms with Gasteiger partial charge in [0.15, 0.2) is 0 Å². The maximum absolute atomic E-state index is 6.11. The third kappa shape index (κ3) is 4.75. The van der Waals surface area contributed by atoms with E-state index in [0.29, 0.717) is 6.04 Å². The minimum absolute atomic E-state index is 0. The molecule has 3 rings (SSSR count). The molecule has 1 aliphatic heterocycles. The number of hydrogen-bond donors (Lipinski definition) is 1. The lowest BCUT2D eigenvalue weighted by atomic mass is 9.90. The summed E-state index contributed by atoms with van der Waals surface area (Å²) in [6.07, 6.45) is 5.50. The van der Waals surface area contributed by atoms with E-state index in [-0.39, 0.29) is 24.8 Å². The van der Waals surface area contributed by atoms with E-state index in [1.165, 1.54) is 35.7 Å². The van der Waals surface area contributed by atoms with Gasteiger partial charge in [-0.15, -0.1) is 24.8 Å². The number of nitrogens with one attached hydrogen (secondary N) is 1. The molecule has 0 radical (unpaired) electrons. The van der Waals surface area contributed by atoms with Crippen molar-refractivity contribution < 1.29 is 0 Å². The molecular formula is C16H24BrCl3N2. The van der Waals surface area contributed by atoms with Gasteiger partial charge in [0.25, 0.3) is 0 Å². The molecule has 1 saturated carbocycles. The summed E-state index contributed by atoms with van der Waals surface area (Å²) in [5, 5.41) is 4.27. The van der Waals surface area contributed by atoms with Gasteiger partial charge in [-0.1, -0.05) is 46.4 Å². The molecule has 0 bridgehead atoms. The lowest BCUT2D eigenvalue weighted by Crippen LogP contribution is -2.46. The van der Waals surface area contributed by atoms with Gasteiger partial charge in [-0.3, -0.25) is 4.90 Å². The van der Waals surface area contributed by atoms with Crippen LogP contribution in [0.2, 0.25) is 5.02 Å². The largest absolute Gasteiger partial charge is 0.314 e. The summed E-state index contributed by atoms with van der Waals surface area (Å²) in [5.74, 6) is 0.797. The van der Waals surface area contributed by atoms with E-state index in [9.17, 15) is 0 Å². The molecule has 2 nitrogen and oxygen atoms in total. The average molecular weight is 431 g/mol. The topological polar surface area (TPSA) is 15.3 Å². The van der Waals surface area contributed by atoms with E-state index in [1.807, 2.05) is 12.1 Å². The van der Waals surface area contributed by atoms with Gasteiger partial charge in [0.2, 0.25) is 0 Å². The van der Waals surface area contributed by atoms with Gasteiger partial charge in [-0.05, 0) is 36.5 Å². The van der Waals surface area contributed by atoms with Crippen molar-refractivity contribution in [1.82, 2.24) is 10.2 Å². The Morgan fingerprint density at radius 2 is 1.77 bits per heavy atom. The molecule has 6 heteroatoms. The van der Waals surface area contributed by atoms with Crippen molar-refractivity contribution in [3.63, 3.8) is 0 Å². The van der Waals surface area contributed by atoms with Crippen molar-refractivity contribution in [3.05, 3.63) is 33.3 Å². The molecule has 1 aromatic rings. The minimum Gasteiger partial charge on any atom is -0.314 e. The maximum atomic E-state index is 6.11. The fourth-order valence-corrected chi connectivity index (χ4v) is 4.64. The van der Waals surface area contributed by atoms with Crippen LogP contribution in [-0.4, -0.2) is 31.1 Å². The lowest BCUT2D eigenvalue weighted by molar-refractivity contribution is 0.125. The van der Waals surface area contributed by atoms with Gasteiger partial charge in [0.1, 0.15) is 0 Å². The zero-order valence-electron chi connectivity index (χ0n) is 12.6. The van der Waals surface area contributed by atoms with Crippen LogP contribution >= 0.6 is 52.3 Å². The monoisotopic (exact) mass is 428 g/mol. The van der Waals surface area contributed by atoms with Crippen molar-refractivity contribution in [3.8, 4) is 0 Å². The Morgan fingerprint density at radius 1 is 1.14 bits per heavy atom. The van der Waals surface area contributed by atoms with Crippen LogP contribution in [-0.2, 0) is 0 Å². The number of benzene rings is 1. The lowest BCUT2D eigenvalue weighted by Gasteiger charge is -2.39. The van der Waals surface area contributed by atoms with Crippen LogP contribution in [0.3, 0.4) is 0 Å². The van der Waals surface area contributed by atoms with Crippen molar-refractivity contribution in [2.45, 2.75) is 31.7 Å². The third-order valence-electron chi connectivity index (χ3n) is 4.67. The number of rotatable bonds is 3. The van der Waals surface area contributed by atoms with Gasteiger partial charge in [-0.2, -0.15) is 0 Å². The van der Waals surface area contributed by atoms with Gasteiger partial charge in [0.05, 0.1) is 0 Å². The van der Waals surface area contributed by atoms with E-state index >= 15 is 0 Å². The Morgan fingerprint density at radius 3 is 2.36 bits per heavy atom. The molecule has 0 aromatic heterocycles. The summed E-state index contributed by atoms with van der Waals surface area (Å²) in [7, 11) is 0. The first kappa shape index (κ1) is 20.5. The van der Waals surface area contributed by atoms with E-state index < -0.39 is 0 Å². The molecule has 0 unspecified atom stereocenters. The Hall–Kier alpha value is 0.490. The standard InChI is InChI=1S/C16H22BrClN2.2ClH/c17-15-11-13(18)5-6-14(15)16(12-3-1-2-4-12)20-9-7-19-8-10-20;;/h5-6,11-12,16,19H,1-4,7-10H2;2*1H/t16-;;/m0../s1. The van der Waals surface area contributed by atoms with Crippen LogP contribution in [0.5, 0.6) is 0 Å². The summed E-state index contributed by atoms with van der Waals surface area (Å²) in [6.45, 7) is 4.51. The quantitative estimate of drug-likeness (QED) is 0.719. The molecule has 0 spiro atoms. The highest BCUT2D eigenvalue weighted by atomic mass is 79.9. The Labute approximate surface area is 159 Å². The van der Waals surface area contributed by atoms with E-state index in [0.717, 1.165) is 37.1 Å². The zero-order chi connectivity index (χ0) is 13.9. The van der Waals surface area contributed by atoms with E-state index in [4.69, 9.17) is 11.6 Å². The molecular weight excluding hydrogens is 406 g/mol. The molecule has 2 fully saturated rings. The highest BCUT2D eigenvalue weighted by Crippen LogP contribution is 2.42. The molecule has 1 aromatic carbocycles. The molecule has 2 aliphatic rings. The summed E-state index contributed by atoms with van der Waals surface area (Å²) < 4.78 is 1.17. The summed E-state index contributed by atoms with van der Waals surface area (Å²) >= 11 is 9.85. The number of hydrogen-bond acceptors (Lipinski definition) is 2. The second kappa shape index (κ2) is 9.71. The third-order valence-corrected chi connectivity index (χ3v) is 5.59. The van der Waals surface area contributed by atoms with E-state index in [1.54, 1.807) is 0 Å². The second-order valence-electron chi connectivity index (χ2n) is 5.94. The second-order valence-corrected chi connectivity index (χ2v) is 7.23. The molecule has 1 heterocycles. The van der Waals surface area contributed by atoms with Gasteiger partial charge < -0.3 is 5.32 Å². The Kier molecular flexibility index (Phi) is 9.06.